The van der Waals surface area contributed by atoms with Gasteiger partial charge in [-0.15, -0.1) is 12.4 Å². The number of ether oxygens (including phenoxy) is 1. The predicted octanol–water partition coefficient (Wildman–Crippen LogP) is 3.91. The van der Waals surface area contributed by atoms with Gasteiger partial charge in [-0.2, -0.15) is 4.98 Å². The van der Waals surface area contributed by atoms with Gasteiger partial charge in [-0.05, 0) is 74.9 Å². The van der Waals surface area contributed by atoms with Crippen molar-refractivity contribution in [3.8, 4) is 5.75 Å². The smallest absolute Gasteiger partial charge is 0.229 e. The summed E-state index contributed by atoms with van der Waals surface area (Å²) in [4.78, 5) is 16.7. The molecule has 8 heteroatoms. The molecule has 158 valence electrons. The minimum Gasteiger partial charge on any atom is -0.485 e. The molecular weight excluding hydrogens is 392 g/mol. The number of rotatable bonds is 8. The first kappa shape index (κ1) is 21.6. The largest absolute Gasteiger partial charge is 0.485 e. The van der Waals surface area contributed by atoms with Gasteiger partial charge in [0, 0.05) is 18.0 Å². The molecule has 0 spiro atoms. The number of hydrogen-bond donors (Lipinski definition) is 2. The van der Waals surface area contributed by atoms with Crippen LogP contribution in [0.5, 0.6) is 5.75 Å². The number of anilines is 1. The number of nitrogens with zero attached hydrogens (tertiary/aromatic N) is 2. The first-order valence-electron chi connectivity index (χ1n) is 10.2. The van der Waals surface area contributed by atoms with Gasteiger partial charge in [-0.1, -0.05) is 12.1 Å². The Labute approximate surface area is 177 Å². The van der Waals surface area contributed by atoms with Crippen LogP contribution in [-0.4, -0.2) is 29.1 Å². The lowest BCUT2D eigenvalue weighted by Crippen LogP contribution is -2.32. The Balaban J connectivity index is 0.00000240. The number of nitrogens with one attached hydrogen (secondary N) is 2. The van der Waals surface area contributed by atoms with Gasteiger partial charge in [0.25, 0.3) is 0 Å². The molecule has 2 aliphatic rings. The third kappa shape index (κ3) is 6.18. The molecule has 0 radical (unpaired) electrons. The van der Waals surface area contributed by atoms with Crippen molar-refractivity contribution in [1.29, 1.82) is 0 Å². The Bertz CT molecular complexity index is 785. The first-order valence-corrected chi connectivity index (χ1v) is 10.2. The van der Waals surface area contributed by atoms with Crippen LogP contribution in [0.15, 0.2) is 28.8 Å². The molecule has 1 aromatic carbocycles. The zero-order chi connectivity index (χ0) is 19.3. The van der Waals surface area contributed by atoms with Gasteiger partial charge in [0.15, 0.2) is 6.61 Å². The summed E-state index contributed by atoms with van der Waals surface area (Å²) in [6, 6.07) is 7.39. The molecule has 4 rings (SSSR count). The van der Waals surface area contributed by atoms with Crippen molar-refractivity contribution in [1.82, 2.24) is 15.5 Å². The topological polar surface area (TPSA) is 89.3 Å². The van der Waals surface area contributed by atoms with Gasteiger partial charge >= 0.3 is 0 Å². The number of piperidine rings is 1. The highest BCUT2D eigenvalue weighted by Crippen LogP contribution is 2.38. The predicted molar refractivity (Wildman–Crippen MR) is 112 cm³/mol. The van der Waals surface area contributed by atoms with Crippen molar-refractivity contribution in [2.45, 2.75) is 51.6 Å². The lowest BCUT2D eigenvalue weighted by molar-refractivity contribution is -0.117. The standard InChI is InChI=1S/C21H28N4O3.ClH/c1-14(15-8-10-22-11-9-15)12-20(26)23-17-4-6-18(7-5-17)27-13-19-24-21(28-25-19)16-2-3-16;/h4-7,14-16,22H,2-3,8-13H2,1H3,(H,23,26);1H. The molecule has 7 nitrogen and oxygen atoms in total. The van der Waals surface area contributed by atoms with E-state index in [0.717, 1.165) is 50.4 Å². The number of halogens is 1. The zero-order valence-corrected chi connectivity index (χ0v) is 17.5. The number of carbonyl (C=O) groups excluding carboxylic acids is 1. The summed E-state index contributed by atoms with van der Waals surface area (Å²) in [5.74, 6) is 3.54. The highest BCUT2D eigenvalue weighted by atomic mass is 35.5. The maximum atomic E-state index is 12.3. The Morgan fingerprint density at radius 3 is 2.66 bits per heavy atom. The number of amides is 1. The van der Waals surface area contributed by atoms with Crippen LogP contribution >= 0.6 is 12.4 Å². The Morgan fingerprint density at radius 1 is 1.24 bits per heavy atom. The number of aromatic nitrogens is 2. The number of benzene rings is 1. The molecule has 1 atom stereocenters. The second-order valence-corrected chi connectivity index (χ2v) is 7.95. The SMILES string of the molecule is CC(CC(=O)Nc1ccc(OCc2noc(C3CC3)n2)cc1)C1CCNCC1.Cl. The van der Waals surface area contributed by atoms with Gasteiger partial charge in [0.2, 0.25) is 17.6 Å². The molecule has 1 aliphatic heterocycles. The maximum absolute atomic E-state index is 12.3. The Morgan fingerprint density at radius 2 is 1.97 bits per heavy atom. The van der Waals surface area contributed by atoms with Crippen LogP contribution in [0, 0.1) is 11.8 Å². The summed E-state index contributed by atoms with van der Waals surface area (Å²) in [5, 5.41) is 10.3. The lowest BCUT2D eigenvalue weighted by atomic mass is 9.84. The van der Waals surface area contributed by atoms with Crippen LogP contribution < -0.4 is 15.4 Å². The van der Waals surface area contributed by atoms with E-state index in [9.17, 15) is 4.79 Å². The van der Waals surface area contributed by atoms with Gasteiger partial charge in [0.05, 0.1) is 0 Å². The summed E-state index contributed by atoms with van der Waals surface area (Å²) < 4.78 is 10.9. The summed E-state index contributed by atoms with van der Waals surface area (Å²) in [7, 11) is 0. The van der Waals surface area contributed by atoms with E-state index < -0.39 is 0 Å². The lowest BCUT2D eigenvalue weighted by Gasteiger charge is -2.27. The molecular formula is C21H29ClN4O3. The Kier molecular flexibility index (Phi) is 7.50. The van der Waals surface area contributed by atoms with Crippen molar-refractivity contribution < 1.29 is 14.1 Å². The van der Waals surface area contributed by atoms with Crippen LogP contribution in [0.2, 0.25) is 0 Å². The van der Waals surface area contributed by atoms with Crippen LogP contribution in [0.25, 0.3) is 0 Å². The molecule has 1 saturated carbocycles. The van der Waals surface area contributed by atoms with Crippen LogP contribution in [0.1, 0.15) is 56.7 Å². The quantitative estimate of drug-likeness (QED) is 0.672. The zero-order valence-electron chi connectivity index (χ0n) is 16.7. The van der Waals surface area contributed by atoms with Crippen LogP contribution in [0.3, 0.4) is 0 Å². The summed E-state index contributed by atoms with van der Waals surface area (Å²) >= 11 is 0. The molecule has 1 saturated heterocycles. The number of carbonyl (C=O) groups is 1. The minimum absolute atomic E-state index is 0. The molecule has 0 bridgehead atoms. The van der Waals surface area contributed by atoms with E-state index in [0.29, 0.717) is 35.7 Å². The van der Waals surface area contributed by atoms with Gasteiger partial charge in [-0.25, -0.2) is 0 Å². The van der Waals surface area contributed by atoms with E-state index in [1.54, 1.807) is 0 Å². The summed E-state index contributed by atoms with van der Waals surface area (Å²) in [6.07, 6.45) is 5.13. The monoisotopic (exact) mass is 420 g/mol. The second-order valence-electron chi connectivity index (χ2n) is 7.95. The highest BCUT2D eigenvalue weighted by Gasteiger charge is 2.29. The van der Waals surface area contributed by atoms with E-state index in [4.69, 9.17) is 9.26 Å². The summed E-state index contributed by atoms with van der Waals surface area (Å²) in [6.45, 7) is 4.57. The fourth-order valence-corrected chi connectivity index (χ4v) is 3.69. The first-order chi connectivity index (χ1) is 13.7. The minimum atomic E-state index is 0. The molecule has 1 amide bonds. The summed E-state index contributed by atoms with van der Waals surface area (Å²) in [5.41, 5.74) is 0.783. The maximum Gasteiger partial charge on any atom is 0.229 e. The van der Waals surface area contributed by atoms with Crippen molar-refractivity contribution in [2.75, 3.05) is 18.4 Å². The highest BCUT2D eigenvalue weighted by molar-refractivity contribution is 5.90. The van der Waals surface area contributed by atoms with Crippen LogP contribution in [-0.2, 0) is 11.4 Å². The third-order valence-electron chi connectivity index (χ3n) is 5.61. The second kappa shape index (κ2) is 10.1. The van der Waals surface area contributed by atoms with Crippen molar-refractivity contribution >= 4 is 24.0 Å². The van der Waals surface area contributed by atoms with Gasteiger partial charge in [-0.3, -0.25) is 4.79 Å². The van der Waals surface area contributed by atoms with E-state index in [1.165, 1.54) is 0 Å². The third-order valence-corrected chi connectivity index (χ3v) is 5.61. The molecule has 1 aromatic heterocycles. The van der Waals surface area contributed by atoms with Crippen LogP contribution in [0.4, 0.5) is 5.69 Å². The molecule has 1 aliphatic carbocycles. The van der Waals surface area contributed by atoms with Gasteiger partial charge in [0.1, 0.15) is 5.75 Å². The molecule has 29 heavy (non-hydrogen) atoms. The average Bonchev–Trinajstić information content (AvgIpc) is 3.46. The Hall–Kier alpha value is -2.12. The van der Waals surface area contributed by atoms with E-state index in [1.807, 2.05) is 24.3 Å². The number of hydrogen-bond acceptors (Lipinski definition) is 6. The van der Waals surface area contributed by atoms with Crippen molar-refractivity contribution in [3.63, 3.8) is 0 Å². The molecule has 2 aromatic rings. The van der Waals surface area contributed by atoms with E-state index >= 15 is 0 Å². The fraction of sp³-hybridized carbons (Fsp3) is 0.571. The molecule has 2 heterocycles. The molecule has 2 N–H and O–H groups in total. The van der Waals surface area contributed by atoms with Crippen molar-refractivity contribution in [2.24, 2.45) is 11.8 Å². The molecule has 2 fully saturated rings. The van der Waals surface area contributed by atoms with E-state index in [-0.39, 0.29) is 24.9 Å². The van der Waals surface area contributed by atoms with Crippen molar-refractivity contribution in [3.05, 3.63) is 36.0 Å². The average molecular weight is 421 g/mol. The van der Waals surface area contributed by atoms with E-state index in [2.05, 4.69) is 27.7 Å². The van der Waals surface area contributed by atoms with Gasteiger partial charge < -0.3 is 19.9 Å². The normalized spacial score (nSPS) is 18.0. The molecule has 1 unspecified atom stereocenters. The fourth-order valence-electron chi connectivity index (χ4n) is 3.69.